The number of ether oxygens (including phenoxy) is 1. The van der Waals surface area contributed by atoms with Crippen LogP contribution in [0.15, 0.2) is 18.2 Å². The van der Waals surface area contributed by atoms with Gasteiger partial charge in [-0.1, -0.05) is 12.2 Å². The van der Waals surface area contributed by atoms with Crippen LogP contribution >= 0.6 is 0 Å². The van der Waals surface area contributed by atoms with Gasteiger partial charge in [-0.15, -0.1) is 0 Å². The fraction of sp³-hybridized carbons (Fsp3) is 0.333. The first-order chi connectivity index (χ1) is 11.7. The van der Waals surface area contributed by atoms with Crippen LogP contribution in [0.25, 0.3) is 12.2 Å². The molecular weight excluding hydrogens is 316 g/mol. The van der Waals surface area contributed by atoms with E-state index in [-0.39, 0.29) is 22.8 Å². The third-order valence-corrected chi connectivity index (χ3v) is 4.84. The highest BCUT2D eigenvalue weighted by Gasteiger charge is 2.31. The first-order valence-electron chi connectivity index (χ1n) is 8.43. The minimum Gasteiger partial charge on any atom is -0.508 e. The molecule has 1 heterocycles. The smallest absolute Gasteiger partial charge is 0.127 e. The highest BCUT2D eigenvalue weighted by Crippen LogP contribution is 2.44. The van der Waals surface area contributed by atoms with Gasteiger partial charge in [0.25, 0.3) is 0 Å². The van der Waals surface area contributed by atoms with Crippen LogP contribution in [0.1, 0.15) is 48.1 Å². The van der Waals surface area contributed by atoms with Crippen LogP contribution in [0.2, 0.25) is 0 Å². The van der Waals surface area contributed by atoms with Gasteiger partial charge < -0.3 is 20.1 Å². The van der Waals surface area contributed by atoms with Crippen LogP contribution in [0.4, 0.5) is 0 Å². The first kappa shape index (κ1) is 17.2. The monoisotopic (exact) mass is 340 g/mol. The zero-order chi connectivity index (χ0) is 18.4. The van der Waals surface area contributed by atoms with Crippen molar-refractivity contribution in [3.8, 4) is 23.0 Å². The molecular formula is C21H24O4. The summed E-state index contributed by atoms with van der Waals surface area (Å²) in [6.45, 7) is 7.99. The number of aromatic hydroxyl groups is 3. The molecule has 0 fully saturated rings. The van der Waals surface area contributed by atoms with E-state index in [0.29, 0.717) is 5.56 Å². The molecule has 0 saturated carbocycles. The predicted molar refractivity (Wildman–Crippen MR) is 99.3 cm³/mol. The molecule has 25 heavy (non-hydrogen) atoms. The summed E-state index contributed by atoms with van der Waals surface area (Å²) in [5.74, 6) is 1.09. The zero-order valence-corrected chi connectivity index (χ0v) is 15.1. The summed E-state index contributed by atoms with van der Waals surface area (Å²) in [5, 5.41) is 29.9. The number of rotatable bonds is 2. The largest absolute Gasteiger partial charge is 0.508 e. The van der Waals surface area contributed by atoms with Gasteiger partial charge >= 0.3 is 0 Å². The predicted octanol–water partition coefficient (Wildman–Crippen LogP) is 4.69. The van der Waals surface area contributed by atoms with Crippen LogP contribution in [0, 0.1) is 13.8 Å². The molecule has 2 aromatic rings. The second kappa shape index (κ2) is 6.03. The van der Waals surface area contributed by atoms with E-state index in [2.05, 4.69) is 13.8 Å². The van der Waals surface area contributed by atoms with E-state index in [1.807, 2.05) is 19.9 Å². The summed E-state index contributed by atoms with van der Waals surface area (Å²) in [7, 11) is 0. The maximum absolute atomic E-state index is 10.6. The minimum atomic E-state index is -0.223. The summed E-state index contributed by atoms with van der Waals surface area (Å²) in [6.07, 6.45) is 5.28. The maximum Gasteiger partial charge on any atom is 0.127 e. The van der Waals surface area contributed by atoms with Gasteiger partial charge in [0.05, 0.1) is 0 Å². The van der Waals surface area contributed by atoms with Crippen molar-refractivity contribution in [2.45, 2.75) is 46.1 Å². The summed E-state index contributed by atoms with van der Waals surface area (Å²) in [6, 6.07) is 4.39. The second-order valence-corrected chi connectivity index (χ2v) is 7.30. The van der Waals surface area contributed by atoms with Gasteiger partial charge in [0, 0.05) is 17.2 Å². The Hall–Kier alpha value is -2.62. The third kappa shape index (κ3) is 3.29. The summed E-state index contributed by atoms with van der Waals surface area (Å²) >= 11 is 0. The van der Waals surface area contributed by atoms with E-state index in [4.69, 9.17) is 4.74 Å². The van der Waals surface area contributed by atoms with Crippen molar-refractivity contribution in [2.24, 2.45) is 0 Å². The standard InChI is InChI=1S/C21H24O4/c1-12-13(2)20-18(7-8-21(3,4)25-20)17(19(12)24)6-5-14-9-15(22)11-16(23)10-14/h5-6,9-11,22-24H,7-8H2,1-4H3/b6-5+. The van der Waals surface area contributed by atoms with E-state index in [0.717, 1.165) is 40.8 Å². The van der Waals surface area contributed by atoms with Crippen molar-refractivity contribution in [1.82, 2.24) is 0 Å². The highest BCUT2D eigenvalue weighted by atomic mass is 16.5. The molecule has 4 heteroatoms. The topological polar surface area (TPSA) is 69.9 Å². The maximum atomic E-state index is 10.6. The van der Waals surface area contributed by atoms with Gasteiger partial charge in [0.1, 0.15) is 28.6 Å². The molecule has 132 valence electrons. The van der Waals surface area contributed by atoms with E-state index in [9.17, 15) is 15.3 Å². The molecule has 0 aliphatic carbocycles. The van der Waals surface area contributed by atoms with Crippen LogP contribution < -0.4 is 4.74 Å². The summed E-state index contributed by atoms with van der Waals surface area (Å²) in [4.78, 5) is 0. The molecule has 0 spiro atoms. The molecule has 0 saturated heterocycles. The average molecular weight is 340 g/mol. The first-order valence-corrected chi connectivity index (χ1v) is 8.43. The molecule has 1 aliphatic rings. The van der Waals surface area contributed by atoms with Crippen molar-refractivity contribution in [1.29, 1.82) is 0 Å². The van der Waals surface area contributed by atoms with Gasteiger partial charge in [0.15, 0.2) is 0 Å². The Morgan fingerprint density at radius 1 is 0.960 bits per heavy atom. The Morgan fingerprint density at radius 2 is 1.60 bits per heavy atom. The van der Waals surface area contributed by atoms with Gasteiger partial charge in [-0.25, -0.2) is 0 Å². The number of hydrogen-bond acceptors (Lipinski definition) is 4. The Labute approximate surface area is 148 Å². The van der Waals surface area contributed by atoms with E-state index in [1.165, 1.54) is 6.07 Å². The molecule has 0 bridgehead atoms. The van der Waals surface area contributed by atoms with Crippen molar-refractivity contribution in [2.75, 3.05) is 0 Å². The summed E-state index contributed by atoms with van der Waals surface area (Å²) in [5.41, 5.74) is 3.93. The van der Waals surface area contributed by atoms with Crippen LogP contribution in [0.3, 0.4) is 0 Å². The molecule has 1 aliphatic heterocycles. The van der Waals surface area contributed by atoms with Crippen molar-refractivity contribution in [3.63, 3.8) is 0 Å². The molecule has 4 nitrogen and oxygen atoms in total. The normalized spacial score (nSPS) is 15.8. The van der Waals surface area contributed by atoms with Gasteiger partial charge in [0.2, 0.25) is 0 Å². The van der Waals surface area contributed by atoms with Crippen molar-refractivity contribution >= 4 is 12.2 Å². The lowest BCUT2D eigenvalue weighted by molar-refractivity contribution is 0.0833. The Bertz CT molecular complexity index is 843. The van der Waals surface area contributed by atoms with Crippen molar-refractivity contribution < 1.29 is 20.1 Å². The second-order valence-electron chi connectivity index (χ2n) is 7.30. The van der Waals surface area contributed by atoms with Crippen molar-refractivity contribution in [3.05, 3.63) is 46.0 Å². The number of hydrogen-bond donors (Lipinski definition) is 3. The van der Waals surface area contributed by atoms with E-state index < -0.39 is 0 Å². The Kier molecular flexibility index (Phi) is 4.15. The van der Waals surface area contributed by atoms with Crippen LogP contribution in [0.5, 0.6) is 23.0 Å². The van der Waals surface area contributed by atoms with Gasteiger partial charge in [-0.3, -0.25) is 0 Å². The molecule has 3 rings (SSSR count). The fourth-order valence-electron chi connectivity index (χ4n) is 3.25. The molecule has 0 atom stereocenters. The van der Waals surface area contributed by atoms with Crippen LogP contribution in [-0.2, 0) is 6.42 Å². The number of fused-ring (bicyclic) bond motifs is 1. The van der Waals surface area contributed by atoms with E-state index >= 15 is 0 Å². The van der Waals surface area contributed by atoms with Gasteiger partial charge in [-0.2, -0.15) is 0 Å². The SMILES string of the molecule is Cc1c(C)c2c(c(/C=C/c3cc(O)cc(O)c3)c1O)CCC(C)(C)O2. The molecule has 0 radical (unpaired) electrons. The lowest BCUT2D eigenvalue weighted by Gasteiger charge is -2.35. The minimum absolute atomic E-state index is 0.00364. The molecule has 0 aromatic heterocycles. The Balaban J connectivity index is 2.10. The van der Waals surface area contributed by atoms with Gasteiger partial charge in [-0.05, 0) is 69.4 Å². The van der Waals surface area contributed by atoms with E-state index in [1.54, 1.807) is 18.2 Å². The number of benzene rings is 2. The zero-order valence-electron chi connectivity index (χ0n) is 15.1. The van der Waals surface area contributed by atoms with Crippen LogP contribution in [-0.4, -0.2) is 20.9 Å². The Morgan fingerprint density at radius 3 is 2.24 bits per heavy atom. The highest BCUT2D eigenvalue weighted by molar-refractivity contribution is 5.78. The molecule has 2 aromatic carbocycles. The summed E-state index contributed by atoms with van der Waals surface area (Å²) < 4.78 is 6.19. The average Bonchev–Trinajstić information content (AvgIpc) is 2.52. The number of phenols is 3. The third-order valence-electron chi connectivity index (χ3n) is 4.84. The lowest BCUT2D eigenvalue weighted by atomic mass is 9.87. The quantitative estimate of drug-likeness (QED) is 0.693. The molecule has 0 unspecified atom stereocenters. The number of phenolic OH excluding ortho intramolecular Hbond substituents is 3. The lowest BCUT2D eigenvalue weighted by Crippen LogP contribution is -2.33. The molecule has 3 N–H and O–H groups in total. The molecule has 0 amide bonds. The fourth-order valence-corrected chi connectivity index (χ4v) is 3.25.